The number of nitrogens with one attached hydrogen (secondary N) is 1. The Morgan fingerprint density at radius 2 is 1.69 bits per heavy atom. The molecule has 11 heteroatoms. The molecule has 1 amide bonds. The Bertz CT molecular complexity index is 1670. The van der Waals surface area contributed by atoms with Crippen molar-refractivity contribution < 1.29 is 23.9 Å². The molecule has 1 N–H and O–H groups in total. The van der Waals surface area contributed by atoms with Crippen LogP contribution in [0.3, 0.4) is 0 Å². The number of non-ortho nitro benzene ring substituents is 1. The molecule has 0 spiro atoms. The van der Waals surface area contributed by atoms with Crippen molar-refractivity contribution in [2.24, 2.45) is 0 Å². The van der Waals surface area contributed by atoms with Crippen molar-refractivity contribution in [2.45, 2.75) is 13.2 Å². The first kappa shape index (κ1) is 29.9. The van der Waals surface area contributed by atoms with Gasteiger partial charge in [0.15, 0.2) is 11.5 Å². The first-order chi connectivity index (χ1) is 20.3. The summed E-state index contributed by atoms with van der Waals surface area (Å²) in [7, 11) is 1.43. The van der Waals surface area contributed by atoms with Crippen LogP contribution < -0.4 is 19.5 Å². The Kier molecular flexibility index (Phi) is 10.0. The average Bonchev–Trinajstić information content (AvgIpc) is 2.99. The van der Waals surface area contributed by atoms with Gasteiger partial charge in [0.2, 0.25) is 0 Å². The van der Waals surface area contributed by atoms with Gasteiger partial charge < -0.3 is 19.5 Å². The Balaban J connectivity index is 1.41. The molecule has 0 atom stereocenters. The smallest absolute Gasteiger partial charge is 0.269 e. The fourth-order valence-electron chi connectivity index (χ4n) is 3.76. The van der Waals surface area contributed by atoms with E-state index < -0.39 is 10.8 Å². The van der Waals surface area contributed by atoms with Crippen LogP contribution in [0.4, 0.5) is 11.4 Å². The Morgan fingerprint density at radius 3 is 2.33 bits per heavy atom. The number of hydrogen-bond acceptors (Lipinski definition) is 7. The van der Waals surface area contributed by atoms with Gasteiger partial charge in [0.1, 0.15) is 30.6 Å². The number of hydrogen-bond donors (Lipinski definition) is 1. The van der Waals surface area contributed by atoms with Crippen LogP contribution in [0.2, 0.25) is 10.0 Å². The number of nitro benzene ring substituents is 1. The fraction of sp³-hybridized carbons (Fsp3) is 0.0968. The topological polar surface area (TPSA) is 124 Å². The van der Waals surface area contributed by atoms with E-state index in [4.69, 9.17) is 37.4 Å². The number of ether oxygens (including phenoxy) is 3. The summed E-state index contributed by atoms with van der Waals surface area (Å²) in [5.41, 5.74) is 2.25. The van der Waals surface area contributed by atoms with Crippen molar-refractivity contribution in [3.63, 3.8) is 0 Å². The van der Waals surface area contributed by atoms with Gasteiger partial charge in [-0.25, -0.2) is 0 Å². The molecule has 0 aliphatic carbocycles. The van der Waals surface area contributed by atoms with E-state index >= 15 is 0 Å². The number of carbonyl (C=O) groups excluding carboxylic acids is 1. The summed E-state index contributed by atoms with van der Waals surface area (Å²) in [5, 5.41) is 24.0. The third-order valence-electron chi connectivity index (χ3n) is 5.92. The van der Waals surface area contributed by atoms with Gasteiger partial charge in [-0.2, -0.15) is 5.26 Å². The number of nitrogens with zero attached hydrogens (tertiary/aromatic N) is 2. The van der Waals surface area contributed by atoms with E-state index in [0.29, 0.717) is 34.2 Å². The second-order valence-corrected chi connectivity index (χ2v) is 9.59. The molecule has 4 aromatic carbocycles. The van der Waals surface area contributed by atoms with Gasteiger partial charge in [0.05, 0.1) is 17.1 Å². The number of methoxy groups -OCH3 is 1. The molecule has 212 valence electrons. The molecule has 0 aromatic heterocycles. The number of nitriles is 1. The molecule has 0 saturated heterocycles. The SMILES string of the molecule is COc1cc(/C=C(\C#N)C(=O)Nc2ccc(OCc3ccccc3Cl)cc2)cc(Cl)c1OCc1ccc([N+](=O)[O-])cc1. The Hall–Kier alpha value is -5.04. The van der Waals surface area contributed by atoms with E-state index in [2.05, 4.69) is 5.32 Å². The van der Waals surface area contributed by atoms with E-state index in [1.165, 1.54) is 31.4 Å². The van der Waals surface area contributed by atoms with Crippen LogP contribution in [0.15, 0.2) is 90.5 Å². The van der Waals surface area contributed by atoms with Crippen molar-refractivity contribution in [3.8, 4) is 23.3 Å². The largest absolute Gasteiger partial charge is 0.493 e. The van der Waals surface area contributed by atoms with Crippen LogP contribution in [0.1, 0.15) is 16.7 Å². The van der Waals surface area contributed by atoms with Crippen LogP contribution in [-0.4, -0.2) is 17.9 Å². The molecule has 0 fully saturated rings. The van der Waals surface area contributed by atoms with Crippen LogP contribution in [0.5, 0.6) is 17.2 Å². The quantitative estimate of drug-likeness (QED) is 0.0809. The van der Waals surface area contributed by atoms with Crippen molar-refractivity contribution >= 4 is 46.6 Å². The molecular weight excluding hydrogens is 581 g/mol. The summed E-state index contributed by atoms with van der Waals surface area (Å²) in [5.74, 6) is 0.493. The van der Waals surface area contributed by atoms with E-state index in [1.807, 2.05) is 24.3 Å². The molecule has 9 nitrogen and oxygen atoms in total. The molecule has 0 heterocycles. The van der Waals surface area contributed by atoms with Crippen LogP contribution in [0, 0.1) is 21.4 Å². The third-order valence-corrected chi connectivity index (χ3v) is 6.57. The zero-order valence-corrected chi connectivity index (χ0v) is 23.7. The third kappa shape index (κ3) is 7.79. The van der Waals surface area contributed by atoms with E-state index in [0.717, 1.165) is 5.56 Å². The summed E-state index contributed by atoms with van der Waals surface area (Å²) >= 11 is 12.6. The lowest BCUT2D eigenvalue weighted by atomic mass is 10.1. The number of anilines is 1. The lowest BCUT2D eigenvalue weighted by Crippen LogP contribution is -2.13. The first-order valence-corrected chi connectivity index (χ1v) is 13.2. The first-order valence-electron chi connectivity index (χ1n) is 12.4. The van der Waals surface area contributed by atoms with Crippen LogP contribution in [0.25, 0.3) is 6.08 Å². The Morgan fingerprint density at radius 1 is 0.976 bits per heavy atom. The molecule has 0 unspecified atom stereocenters. The van der Waals surface area contributed by atoms with Gasteiger partial charge >= 0.3 is 0 Å². The standard InChI is InChI=1S/C31H23Cl2N3O6/c1-40-29-16-21(15-28(33)30(29)42-18-20-6-10-25(11-7-20)36(38)39)14-23(17-34)31(37)35-24-8-12-26(13-9-24)41-19-22-4-2-3-5-27(22)32/h2-16H,18-19H2,1H3,(H,35,37)/b23-14+. The highest BCUT2D eigenvalue weighted by Gasteiger charge is 2.15. The average molecular weight is 604 g/mol. The molecule has 0 aliphatic rings. The predicted octanol–water partition coefficient (Wildman–Crippen LogP) is 7.61. The highest BCUT2D eigenvalue weighted by Crippen LogP contribution is 2.37. The zero-order chi connectivity index (χ0) is 30.1. The minimum Gasteiger partial charge on any atom is -0.493 e. The second kappa shape index (κ2) is 14.0. The van der Waals surface area contributed by atoms with Gasteiger partial charge in [0.25, 0.3) is 11.6 Å². The van der Waals surface area contributed by atoms with Gasteiger partial charge in [-0.1, -0.05) is 41.4 Å². The van der Waals surface area contributed by atoms with E-state index in [9.17, 15) is 20.2 Å². The Labute approximate surface area is 251 Å². The molecule has 0 saturated carbocycles. The minimum absolute atomic E-state index is 0.0292. The lowest BCUT2D eigenvalue weighted by molar-refractivity contribution is -0.384. The van der Waals surface area contributed by atoms with Crippen molar-refractivity contribution in [2.75, 3.05) is 12.4 Å². The molecular formula is C31H23Cl2N3O6. The number of rotatable bonds is 11. The molecule has 4 rings (SSSR count). The fourth-order valence-corrected chi connectivity index (χ4v) is 4.22. The maximum atomic E-state index is 12.8. The number of nitro groups is 1. The monoisotopic (exact) mass is 603 g/mol. The molecule has 0 aliphatic heterocycles. The van der Waals surface area contributed by atoms with Gasteiger partial charge in [0, 0.05) is 28.4 Å². The molecule has 4 aromatic rings. The summed E-state index contributed by atoms with van der Waals surface area (Å²) < 4.78 is 17.0. The summed E-state index contributed by atoms with van der Waals surface area (Å²) in [6.45, 7) is 0.374. The van der Waals surface area contributed by atoms with Crippen LogP contribution >= 0.6 is 23.2 Å². The highest BCUT2D eigenvalue weighted by molar-refractivity contribution is 6.32. The summed E-state index contributed by atoms with van der Waals surface area (Å²) in [4.78, 5) is 23.2. The normalized spacial score (nSPS) is 10.9. The summed E-state index contributed by atoms with van der Waals surface area (Å²) in [6, 6.07) is 25.0. The molecule has 0 radical (unpaired) electrons. The number of benzene rings is 4. The maximum Gasteiger partial charge on any atom is 0.269 e. The van der Waals surface area contributed by atoms with Gasteiger partial charge in [-0.15, -0.1) is 0 Å². The lowest BCUT2D eigenvalue weighted by Gasteiger charge is -2.13. The zero-order valence-electron chi connectivity index (χ0n) is 22.2. The van der Waals surface area contributed by atoms with Crippen molar-refractivity contribution in [3.05, 3.63) is 127 Å². The van der Waals surface area contributed by atoms with E-state index in [1.54, 1.807) is 48.5 Å². The number of carbonyl (C=O) groups is 1. The second-order valence-electron chi connectivity index (χ2n) is 8.77. The number of halogens is 2. The van der Waals surface area contributed by atoms with Crippen LogP contribution in [-0.2, 0) is 18.0 Å². The predicted molar refractivity (Wildman–Crippen MR) is 160 cm³/mol. The van der Waals surface area contributed by atoms with Crippen molar-refractivity contribution in [1.82, 2.24) is 0 Å². The number of amides is 1. The minimum atomic E-state index is -0.615. The summed E-state index contributed by atoms with van der Waals surface area (Å²) in [6.07, 6.45) is 1.38. The highest BCUT2D eigenvalue weighted by atomic mass is 35.5. The maximum absolute atomic E-state index is 12.8. The van der Waals surface area contributed by atoms with Gasteiger partial charge in [-0.05, 0) is 71.8 Å². The van der Waals surface area contributed by atoms with Gasteiger partial charge in [-0.3, -0.25) is 14.9 Å². The van der Waals surface area contributed by atoms with E-state index in [-0.39, 0.29) is 34.4 Å². The molecule has 42 heavy (non-hydrogen) atoms. The van der Waals surface area contributed by atoms with Crippen molar-refractivity contribution in [1.29, 1.82) is 5.26 Å². The molecule has 0 bridgehead atoms.